The Morgan fingerprint density at radius 3 is 2.46 bits per heavy atom. The second-order valence-corrected chi connectivity index (χ2v) is 4.92. The molecule has 0 aliphatic carbocycles. The van der Waals surface area contributed by atoms with Crippen LogP contribution in [0.4, 0.5) is 5.69 Å². The zero-order chi connectivity index (χ0) is 17.5. The lowest BCUT2D eigenvalue weighted by atomic mass is 10.1. The molecule has 2 aromatic rings. The van der Waals surface area contributed by atoms with E-state index in [1.807, 2.05) is 0 Å². The predicted octanol–water partition coefficient (Wildman–Crippen LogP) is 2.81. The van der Waals surface area contributed by atoms with Crippen LogP contribution < -0.4 is 0 Å². The highest BCUT2D eigenvalue weighted by atomic mass is 16.6. The van der Waals surface area contributed by atoms with Gasteiger partial charge >= 0.3 is 5.97 Å². The number of aromatic hydroxyl groups is 2. The molecule has 0 aliphatic heterocycles. The van der Waals surface area contributed by atoms with Crippen LogP contribution in [0.15, 0.2) is 48.5 Å². The molecule has 0 unspecified atom stereocenters. The van der Waals surface area contributed by atoms with Crippen LogP contribution >= 0.6 is 0 Å². The summed E-state index contributed by atoms with van der Waals surface area (Å²) in [5.41, 5.74) is 1.37. The molecule has 24 heavy (non-hydrogen) atoms. The van der Waals surface area contributed by atoms with Crippen LogP contribution in [0.2, 0.25) is 0 Å². The number of nitro groups is 1. The van der Waals surface area contributed by atoms with Crippen molar-refractivity contribution in [3.8, 4) is 11.5 Å². The van der Waals surface area contributed by atoms with Crippen LogP contribution in [0, 0.1) is 10.1 Å². The monoisotopic (exact) mass is 329 g/mol. The summed E-state index contributed by atoms with van der Waals surface area (Å²) < 4.78 is 5.03. The topological polar surface area (TPSA) is 110 Å². The van der Waals surface area contributed by atoms with Gasteiger partial charge in [0.25, 0.3) is 5.69 Å². The Bertz CT molecular complexity index is 767. The quantitative estimate of drug-likeness (QED) is 0.277. The van der Waals surface area contributed by atoms with Crippen molar-refractivity contribution in [1.82, 2.24) is 0 Å². The van der Waals surface area contributed by atoms with Gasteiger partial charge in [0.15, 0.2) is 11.5 Å². The lowest BCUT2D eigenvalue weighted by Crippen LogP contribution is -2.04. The van der Waals surface area contributed by atoms with Crippen molar-refractivity contribution in [2.24, 2.45) is 0 Å². The first kappa shape index (κ1) is 17.0. The van der Waals surface area contributed by atoms with Gasteiger partial charge in [-0.25, -0.2) is 4.79 Å². The minimum absolute atomic E-state index is 0.0100. The van der Waals surface area contributed by atoms with Crippen molar-refractivity contribution < 1.29 is 24.7 Å². The molecule has 0 fully saturated rings. The van der Waals surface area contributed by atoms with E-state index in [0.717, 1.165) is 5.56 Å². The Hall–Kier alpha value is -3.35. The number of rotatable bonds is 6. The molecule has 7 heteroatoms. The van der Waals surface area contributed by atoms with Crippen LogP contribution in [0.25, 0.3) is 6.08 Å². The standard InChI is InChI=1S/C17H15NO6/c19-15-7-3-13(11-16(15)20)4-8-17(21)24-10-9-12-1-5-14(6-2-12)18(22)23/h1-8,11,19-20H,9-10H2/b8-4+. The lowest BCUT2D eigenvalue weighted by molar-refractivity contribution is -0.384. The van der Waals surface area contributed by atoms with E-state index >= 15 is 0 Å². The Labute approximate surface area is 137 Å². The Morgan fingerprint density at radius 2 is 1.83 bits per heavy atom. The number of non-ortho nitro benzene ring substituents is 1. The summed E-state index contributed by atoms with van der Waals surface area (Å²) >= 11 is 0. The molecule has 0 spiro atoms. The van der Waals surface area contributed by atoms with E-state index < -0.39 is 10.9 Å². The van der Waals surface area contributed by atoms with Crippen molar-refractivity contribution >= 4 is 17.7 Å². The maximum atomic E-state index is 11.6. The van der Waals surface area contributed by atoms with Gasteiger partial charge in [-0.3, -0.25) is 10.1 Å². The summed E-state index contributed by atoms with van der Waals surface area (Å²) in [6.07, 6.45) is 3.10. The van der Waals surface area contributed by atoms with Gasteiger partial charge in [0, 0.05) is 24.6 Å². The third-order valence-corrected chi connectivity index (χ3v) is 3.19. The molecule has 7 nitrogen and oxygen atoms in total. The first-order valence-electron chi connectivity index (χ1n) is 7.06. The van der Waals surface area contributed by atoms with Gasteiger partial charge in [-0.15, -0.1) is 0 Å². The van der Waals surface area contributed by atoms with Crippen molar-refractivity contribution in [3.05, 3.63) is 69.8 Å². The predicted molar refractivity (Wildman–Crippen MR) is 86.6 cm³/mol. The van der Waals surface area contributed by atoms with Gasteiger partial charge in [0.1, 0.15) is 0 Å². The van der Waals surface area contributed by atoms with E-state index in [4.69, 9.17) is 4.74 Å². The van der Waals surface area contributed by atoms with Crippen LogP contribution in [-0.4, -0.2) is 27.7 Å². The first-order chi connectivity index (χ1) is 11.5. The minimum atomic E-state index is -0.551. The summed E-state index contributed by atoms with van der Waals surface area (Å²) in [4.78, 5) is 21.7. The average molecular weight is 329 g/mol. The molecule has 2 rings (SSSR count). The summed E-state index contributed by atoms with van der Waals surface area (Å²) in [5, 5.41) is 29.1. The van der Waals surface area contributed by atoms with Gasteiger partial charge in [0.05, 0.1) is 11.5 Å². The van der Waals surface area contributed by atoms with Crippen molar-refractivity contribution in [1.29, 1.82) is 0 Å². The molecule has 2 aromatic carbocycles. The molecule has 0 heterocycles. The SMILES string of the molecule is O=C(/C=C/c1ccc(O)c(O)c1)OCCc1ccc([N+](=O)[O-])cc1. The first-order valence-corrected chi connectivity index (χ1v) is 7.06. The van der Waals surface area contributed by atoms with Crippen LogP contribution in [0.5, 0.6) is 11.5 Å². The summed E-state index contributed by atoms with van der Waals surface area (Å²) in [6, 6.07) is 10.2. The van der Waals surface area contributed by atoms with E-state index in [9.17, 15) is 25.1 Å². The van der Waals surface area contributed by atoms with Gasteiger partial charge < -0.3 is 14.9 Å². The highest BCUT2D eigenvalue weighted by molar-refractivity contribution is 5.87. The fourth-order valence-electron chi connectivity index (χ4n) is 1.91. The number of carbonyl (C=O) groups is 1. The molecule has 0 bridgehead atoms. The van der Waals surface area contributed by atoms with E-state index in [1.54, 1.807) is 12.1 Å². The zero-order valence-corrected chi connectivity index (χ0v) is 12.6. The minimum Gasteiger partial charge on any atom is -0.504 e. The number of phenolic OH excluding ortho intramolecular Hbond substituents is 2. The highest BCUT2D eigenvalue weighted by Crippen LogP contribution is 2.25. The number of benzene rings is 2. The van der Waals surface area contributed by atoms with Gasteiger partial charge in [-0.2, -0.15) is 0 Å². The molecule has 124 valence electrons. The molecule has 0 amide bonds. The van der Waals surface area contributed by atoms with E-state index in [1.165, 1.54) is 42.5 Å². The fraction of sp³-hybridized carbons (Fsp3) is 0.118. The normalized spacial score (nSPS) is 10.7. The second kappa shape index (κ2) is 7.77. The molecule has 0 atom stereocenters. The summed E-state index contributed by atoms with van der Waals surface area (Å²) in [6.45, 7) is 0.141. The largest absolute Gasteiger partial charge is 0.504 e. The maximum absolute atomic E-state index is 11.6. The van der Waals surface area contributed by atoms with Crippen molar-refractivity contribution in [2.75, 3.05) is 6.61 Å². The number of esters is 1. The van der Waals surface area contributed by atoms with Crippen LogP contribution in [0.1, 0.15) is 11.1 Å². The van der Waals surface area contributed by atoms with Crippen molar-refractivity contribution in [3.63, 3.8) is 0 Å². The van der Waals surface area contributed by atoms with E-state index in [0.29, 0.717) is 12.0 Å². The number of hydrogen-bond acceptors (Lipinski definition) is 6. The van der Waals surface area contributed by atoms with Gasteiger partial charge in [-0.05, 0) is 29.3 Å². The maximum Gasteiger partial charge on any atom is 0.330 e. The van der Waals surface area contributed by atoms with Crippen LogP contribution in [0.3, 0.4) is 0 Å². The lowest BCUT2D eigenvalue weighted by Gasteiger charge is -2.03. The van der Waals surface area contributed by atoms with E-state index in [2.05, 4.69) is 0 Å². The van der Waals surface area contributed by atoms with Gasteiger partial charge in [0.2, 0.25) is 0 Å². The Balaban J connectivity index is 1.81. The number of hydrogen-bond donors (Lipinski definition) is 2. The van der Waals surface area contributed by atoms with Gasteiger partial charge in [-0.1, -0.05) is 18.2 Å². The molecule has 0 aromatic heterocycles. The van der Waals surface area contributed by atoms with Crippen LogP contribution in [-0.2, 0) is 16.0 Å². The molecule has 0 aliphatic rings. The number of nitro benzene ring substituents is 1. The Kier molecular flexibility index (Phi) is 5.51. The number of nitrogens with zero attached hydrogens (tertiary/aromatic N) is 1. The number of carbonyl (C=O) groups excluding carboxylic acids is 1. The molecule has 0 saturated heterocycles. The second-order valence-electron chi connectivity index (χ2n) is 4.92. The smallest absolute Gasteiger partial charge is 0.330 e. The molecule has 2 N–H and O–H groups in total. The molecule has 0 radical (unpaired) electrons. The summed E-state index contributed by atoms with van der Waals surface area (Å²) in [5.74, 6) is -1.06. The Morgan fingerprint density at radius 1 is 1.12 bits per heavy atom. The fourth-order valence-corrected chi connectivity index (χ4v) is 1.91. The van der Waals surface area contributed by atoms with Crippen molar-refractivity contribution in [2.45, 2.75) is 6.42 Å². The third kappa shape index (κ3) is 4.84. The zero-order valence-electron chi connectivity index (χ0n) is 12.6. The van der Waals surface area contributed by atoms with E-state index in [-0.39, 0.29) is 23.8 Å². The summed E-state index contributed by atoms with van der Waals surface area (Å²) in [7, 11) is 0. The number of phenols is 2. The molecule has 0 saturated carbocycles. The molecular formula is C17H15NO6. The highest BCUT2D eigenvalue weighted by Gasteiger charge is 2.05. The number of ether oxygens (including phenoxy) is 1. The third-order valence-electron chi connectivity index (χ3n) is 3.19. The average Bonchev–Trinajstić information content (AvgIpc) is 2.56. The molecular weight excluding hydrogens is 314 g/mol.